The van der Waals surface area contributed by atoms with Crippen LogP contribution >= 0.6 is 17.0 Å². The van der Waals surface area contributed by atoms with Gasteiger partial charge in [-0.3, -0.25) is 9.59 Å². The van der Waals surface area contributed by atoms with E-state index in [1.807, 2.05) is 0 Å². The zero-order chi connectivity index (χ0) is 40.7. The second kappa shape index (κ2) is 26.5. The van der Waals surface area contributed by atoms with Crippen LogP contribution in [0.25, 0.3) is 43.8 Å². The Balaban J connectivity index is 0.000000243. The maximum atomic E-state index is 9.38. The molecule has 293 valence electrons. The predicted molar refractivity (Wildman–Crippen MR) is 240 cm³/mol. The quantitative estimate of drug-likeness (QED) is 0.0441. The van der Waals surface area contributed by atoms with Crippen LogP contribution in [0, 0.1) is 11.8 Å². The van der Waals surface area contributed by atoms with Crippen molar-refractivity contribution in [2.75, 3.05) is 0 Å². The van der Waals surface area contributed by atoms with Crippen LogP contribution < -0.4 is 10.5 Å². The molecule has 8 heteroatoms. The number of rotatable bonds is 16. The van der Waals surface area contributed by atoms with Crippen LogP contribution in [0.4, 0.5) is 0 Å². The fourth-order valence-electron chi connectivity index (χ4n) is 7.09. The van der Waals surface area contributed by atoms with E-state index in [9.17, 15) is 9.59 Å². The van der Waals surface area contributed by atoms with Gasteiger partial charge in [0.05, 0.1) is 0 Å². The third-order valence-corrected chi connectivity index (χ3v) is 9.43. The number of amides is 2. The molecule has 0 aliphatic carbocycles. The molecule has 0 aliphatic heterocycles. The third kappa shape index (κ3) is 15.1. The van der Waals surface area contributed by atoms with Crippen LogP contribution in [0.2, 0.25) is 0 Å². The molecule has 6 aromatic rings. The minimum absolute atomic E-state index is 0.455. The number of aryl methyl sites for hydroxylation is 2. The van der Waals surface area contributed by atoms with Crippen molar-refractivity contribution in [3.05, 3.63) is 131 Å². The van der Waals surface area contributed by atoms with E-state index in [2.05, 4.69) is 161 Å². The molecule has 0 fully saturated rings. The number of carbonyl (C=O) groups is 2. The Morgan fingerprint density at radius 1 is 0.607 bits per heavy atom. The molecular weight excluding hydrogens is 809 g/mol. The zero-order valence-corrected chi connectivity index (χ0v) is 38.0. The summed E-state index contributed by atoms with van der Waals surface area (Å²) in [5, 5.41) is 9.78. The van der Waals surface area contributed by atoms with Gasteiger partial charge < -0.3 is 10.5 Å². The summed E-state index contributed by atoms with van der Waals surface area (Å²) in [4.78, 5) is 18.8. The Hall–Kier alpha value is -3.43. The van der Waals surface area contributed by atoms with Gasteiger partial charge in [-0.1, -0.05) is 126 Å². The van der Waals surface area contributed by atoms with Gasteiger partial charge in [0, 0.05) is 0 Å². The van der Waals surface area contributed by atoms with Crippen molar-refractivity contribution in [3.8, 4) is 22.3 Å². The summed E-state index contributed by atoms with van der Waals surface area (Å²) < 4.78 is 0. The fourth-order valence-corrected chi connectivity index (χ4v) is 7.09. The first-order valence-corrected chi connectivity index (χ1v) is 26.2. The molecule has 0 spiro atoms. The SMILES string of the molecule is CCCCc1ccccc1-c1cccc2[cH-]c(CC(C)C)cc12.CCCCc1ccccc1-c1cccc2[cH-]c(CC(C)C)cc12.O=CN[B]NC=O.[Cl][Zr+2][Cl]. The van der Waals surface area contributed by atoms with Crippen LogP contribution in [0.15, 0.2) is 109 Å². The molecule has 6 aromatic carbocycles. The summed E-state index contributed by atoms with van der Waals surface area (Å²) in [6.07, 6.45) is 10.6. The Morgan fingerprint density at radius 3 is 1.34 bits per heavy atom. The molecule has 0 aliphatic rings. The number of carbonyl (C=O) groups excluding carboxylic acids is 2. The average Bonchev–Trinajstić information content (AvgIpc) is 3.80. The van der Waals surface area contributed by atoms with E-state index in [1.54, 1.807) is 0 Å². The van der Waals surface area contributed by atoms with Gasteiger partial charge in [0.25, 0.3) is 0 Å². The van der Waals surface area contributed by atoms with Crippen LogP contribution in [0.5, 0.6) is 0 Å². The standard InChI is InChI=1S/2C23H27.C2H4BN2O2.2ClH.Zr/c2*1-4-5-9-19-10-6-7-12-21(19)22-13-8-11-20-15-18(14-17(2)3)16-23(20)22;6-1-4-3-5-2-7;;;/h2*6-8,10-13,15-17H,4-5,9,14H2,1-3H3;1-2H,(H,4,6)(H,5,7);2*1H;/q2*-1;;;;+4/p-2. The second-order valence-corrected chi connectivity index (χ2v) is 18.6. The van der Waals surface area contributed by atoms with E-state index in [-0.39, 0.29) is 0 Å². The molecule has 0 heterocycles. The maximum absolute atomic E-state index is 9.38. The molecule has 0 atom stereocenters. The number of unbranched alkanes of at least 4 members (excludes halogenated alkanes) is 2. The summed E-state index contributed by atoms with van der Waals surface area (Å²) in [5.74, 6) is 1.40. The number of halogens is 2. The monoisotopic (exact) mass is 865 g/mol. The van der Waals surface area contributed by atoms with E-state index in [0.717, 1.165) is 20.4 Å². The van der Waals surface area contributed by atoms with Crippen molar-refractivity contribution in [1.29, 1.82) is 0 Å². The van der Waals surface area contributed by atoms with Crippen molar-refractivity contribution in [2.45, 2.75) is 92.9 Å². The predicted octanol–water partition coefficient (Wildman–Crippen LogP) is 12.9. The van der Waals surface area contributed by atoms with Gasteiger partial charge in [0.1, 0.15) is 0 Å². The van der Waals surface area contributed by atoms with Crippen LogP contribution in [0.3, 0.4) is 0 Å². The Morgan fingerprint density at radius 2 is 0.982 bits per heavy atom. The summed E-state index contributed by atoms with van der Waals surface area (Å²) in [6.45, 7) is 13.7. The number of hydrogen-bond donors (Lipinski definition) is 2. The average molecular weight is 868 g/mol. The molecule has 4 nitrogen and oxygen atoms in total. The molecule has 2 amide bonds. The number of hydrogen-bond acceptors (Lipinski definition) is 2. The van der Waals surface area contributed by atoms with Gasteiger partial charge in [-0.2, -0.15) is 12.1 Å². The van der Waals surface area contributed by atoms with E-state index >= 15 is 0 Å². The van der Waals surface area contributed by atoms with Crippen molar-refractivity contribution < 1.29 is 30.4 Å². The van der Waals surface area contributed by atoms with E-state index in [0.29, 0.717) is 24.7 Å². The van der Waals surface area contributed by atoms with Gasteiger partial charge in [0.2, 0.25) is 0 Å². The molecule has 6 rings (SSSR count). The van der Waals surface area contributed by atoms with Gasteiger partial charge in [-0.25, -0.2) is 0 Å². The van der Waals surface area contributed by atoms with Crippen LogP contribution in [0.1, 0.15) is 89.5 Å². The van der Waals surface area contributed by atoms with Gasteiger partial charge in [-0.15, -0.1) is 69.1 Å². The molecule has 0 saturated heterocycles. The van der Waals surface area contributed by atoms with E-state index < -0.39 is 20.8 Å². The minimum atomic E-state index is -0.826. The Bertz CT molecular complexity index is 1890. The van der Waals surface area contributed by atoms with E-state index in [4.69, 9.17) is 17.0 Å². The van der Waals surface area contributed by atoms with Gasteiger partial charge >= 0.3 is 45.4 Å². The topological polar surface area (TPSA) is 58.2 Å². The van der Waals surface area contributed by atoms with Crippen molar-refractivity contribution >= 4 is 58.9 Å². The number of fused-ring (bicyclic) bond motifs is 2. The molecule has 0 saturated carbocycles. The molecule has 0 bridgehead atoms. The van der Waals surface area contributed by atoms with Gasteiger partial charge in [-0.05, 0) is 72.6 Å². The first kappa shape index (κ1) is 46.9. The molecule has 1 radical (unpaired) electrons. The van der Waals surface area contributed by atoms with Crippen molar-refractivity contribution in [3.63, 3.8) is 0 Å². The normalized spacial score (nSPS) is 10.4. The number of nitrogens with one attached hydrogen (secondary N) is 2. The zero-order valence-electron chi connectivity index (χ0n) is 34.0. The molecular formula is C48H58BCl2N2O2Zr. The molecule has 0 aromatic heterocycles. The first-order chi connectivity index (χ1) is 27.2. The summed E-state index contributed by atoms with van der Waals surface area (Å²) in [6, 6.07) is 40.8. The Kier molecular flexibility index (Phi) is 22.2. The molecule has 56 heavy (non-hydrogen) atoms. The molecule has 0 unspecified atom stereocenters. The van der Waals surface area contributed by atoms with Crippen LogP contribution in [-0.2, 0) is 56.1 Å². The summed E-state index contributed by atoms with van der Waals surface area (Å²) >= 11 is -0.826. The summed E-state index contributed by atoms with van der Waals surface area (Å²) in [5.41, 5.74) is 11.5. The Labute approximate surface area is 355 Å². The van der Waals surface area contributed by atoms with Crippen LogP contribution in [-0.4, -0.2) is 20.4 Å². The third-order valence-electron chi connectivity index (χ3n) is 9.43. The fraction of sp³-hybridized carbons (Fsp3) is 0.333. The van der Waals surface area contributed by atoms with E-state index in [1.165, 1.54) is 105 Å². The van der Waals surface area contributed by atoms with Gasteiger partial charge in [0.15, 0.2) is 12.8 Å². The number of benzene rings is 4. The summed E-state index contributed by atoms with van der Waals surface area (Å²) in [7, 11) is 11.0. The molecule has 2 N–H and O–H groups in total. The first-order valence-electron chi connectivity index (χ1n) is 19.9. The van der Waals surface area contributed by atoms with Crippen molar-refractivity contribution in [1.82, 2.24) is 10.5 Å². The van der Waals surface area contributed by atoms with Crippen molar-refractivity contribution in [2.24, 2.45) is 11.8 Å². The second-order valence-electron chi connectivity index (χ2n) is 14.8.